The number of aromatic carboxylic acids is 1. The number of aryl methyl sites for hydroxylation is 1. The summed E-state index contributed by atoms with van der Waals surface area (Å²) in [6.07, 6.45) is 0. The van der Waals surface area contributed by atoms with Crippen molar-refractivity contribution in [1.82, 2.24) is 0 Å². The first kappa shape index (κ1) is 13.7. The third-order valence-corrected chi connectivity index (χ3v) is 3.03. The number of hydrogen-bond acceptors (Lipinski definition) is 2. The molecule has 19 heavy (non-hydrogen) atoms. The van der Waals surface area contributed by atoms with Crippen LogP contribution in [0.15, 0.2) is 36.4 Å². The van der Waals surface area contributed by atoms with Gasteiger partial charge >= 0.3 is 5.97 Å². The second-order valence-corrected chi connectivity index (χ2v) is 4.83. The molecule has 2 rings (SSSR count). The Bertz CT molecular complexity index is 639. The lowest BCUT2D eigenvalue weighted by molar-refractivity contribution is 0.0694. The molecule has 0 unspecified atom stereocenters. The van der Waals surface area contributed by atoms with Gasteiger partial charge in [-0.15, -0.1) is 0 Å². The molecular weight excluding hydrogens is 287 g/mol. The zero-order valence-electron chi connectivity index (χ0n) is 9.98. The van der Waals surface area contributed by atoms with Gasteiger partial charge in [0.05, 0.1) is 5.02 Å². The summed E-state index contributed by atoms with van der Waals surface area (Å²) >= 11 is 11.8. The van der Waals surface area contributed by atoms with Crippen molar-refractivity contribution >= 4 is 29.2 Å². The van der Waals surface area contributed by atoms with Gasteiger partial charge in [0.2, 0.25) is 0 Å². The predicted molar refractivity (Wildman–Crippen MR) is 74.7 cm³/mol. The van der Waals surface area contributed by atoms with E-state index >= 15 is 0 Å². The number of carbonyl (C=O) groups is 1. The number of carboxylic acids is 1. The summed E-state index contributed by atoms with van der Waals surface area (Å²) in [7, 11) is 0. The van der Waals surface area contributed by atoms with Crippen LogP contribution in [0.1, 0.15) is 15.9 Å². The summed E-state index contributed by atoms with van der Waals surface area (Å²) in [6.45, 7) is 1.89. The largest absolute Gasteiger partial charge is 0.478 e. The van der Waals surface area contributed by atoms with Crippen molar-refractivity contribution in [1.29, 1.82) is 0 Å². The molecule has 0 radical (unpaired) electrons. The smallest absolute Gasteiger partial charge is 0.339 e. The molecule has 2 aromatic rings. The van der Waals surface area contributed by atoms with Crippen LogP contribution in [0.3, 0.4) is 0 Å². The van der Waals surface area contributed by atoms with Crippen molar-refractivity contribution in [3.8, 4) is 11.5 Å². The molecule has 1 N–H and O–H groups in total. The van der Waals surface area contributed by atoms with Crippen molar-refractivity contribution in [2.45, 2.75) is 6.92 Å². The molecule has 98 valence electrons. The number of ether oxygens (including phenoxy) is 1. The van der Waals surface area contributed by atoms with Crippen LogP contribution < -0.4 is 4.74 Å². The monoisotopic (exact) mass is 296 g/mol. The molecule has 5 heteroatoms. The summed E-state index contributed by atoms with van der Waals surface area (Å²) < 4.78 is 5.57. The van der Waals surface area contributed by atoms with E-state index in [1.54, 1.807) is 18.2 Å². The highest BCUT2D eigenvalue weighted by Crippen LogP contribution is 2.33. The SMILES string of the molecule is Cc1ccc(Cl)c(Oc2ccc(Cl)cc2C(=O)O)c1. The summed E-state index contributed by atoms with van der Waals surface area (Å²) in [5, 5.41) is 9.87. The zero-order valence-corrected chi connectivity index (χ0v) is 11.5. The molecule has 0 aromatic heterocycles. The second kappa shape index (κ2) is 5.51. The zero-order chi connectivity index (χ0) is 14.0. The molecule has 0 spiro atoms. The van der Waals surface area contributed by atoms with Gasteiger partial charge in [-0.1, -0.05) is 29.3 Å². The molecule has 0 bridgehead atoms. The van der Waals surface area contributed by atoms with E-state index in [4.69, 9.17) is 33.0 Å². The Morgan fingerprint density at radius 2 is 1.84 bits per heavy atom. The number of hydrogen-bond donors (Lipinski definition) is 1. The Balaban J connectivity index is 2.43. The third kappa shape index (κ3) is 3.19. The number of halogens is 2. The van der Waals surface area contributed by atoms with Crippen LogP contribution >= 0.6 is 23.2 Å². The van der Waals surface area contributed by atoms with E-state index in [1.807, 2.05) is 13.0 Å². The minimum Gasteiger partial charge on any atom is -0.478 e. The molecule has 2 aromatic carbocycles. The number of benzene rings is 2. The molecular formula is C14H10Cl2O3. The van der Waals surface area contributed by atoms with Crippen molar-refractivity contribution in [3.05, 3.63) is 57.6 Å². The first-order chi connectivity index (χ1) is 8.97. The Morgan fingerprint density at radius 1 is 1.11 bits per heavy atom. The molecule has 0 heterocycles. The maximum atomic E-state index is 11.1. The molecule has 0 atom stereocenters. The average Bonchev–Trinajstić information content (AvgIpc) is 2.35. The third-order valence-electron chi connectivity index (χ3n) is 2.48. The summed E-state index contributed by atoms with van der Waals surface area (Å²) in [4.78, 5) is 11.1. The lowest BCUT2D eigenvalue weighted by atomic mass is 10.2. The second-order valence-electron chi connectivity index (χ2n) is 3.98. The highest BCUT2D eigenvalue weighted by Gasteiger charge is 2.14. The number of carboxylic acid groups (broad SMARTS) is 1. The fourth-order valence-corrected chi connectivity index (χ4v) is 1.89. The topological polar surface area (TPSA) is 46.5 Å². The standard InChI is InChI=1S/C14H10Cl2O3/c1-8-2-4-11(16)13(6-8)19-12-5-3-9(15)7-10(12)14(17)18/h2-7H,1H3,(H,17,18). The fourth-order valence-electron chi connectivity index (χ4n) is 1.57. The molecule has 0 saturated carbocycles. The highest BCUT2D eigenvalue weighted by atomic mass is 35.5. The van der Waals surface area contributed by atoms with Crippen LogP contribution in [0, 0.1) is 6.92 Å². The first-order valence-electron chi connectivity index (χ1n) is 5.44. The Morgan fingerprint density at radius 3 is 2.53 bits per heavy atom. The average molecular weight is 297 g/mol. The van der Waals surface area contributed by atoms with E-state index in [0.717, 1.165) is 5.56 Å². The summed E-state index contributed by atoms with van der Waals surface area (Å²) in [5.41, 5.74) is 0.954. The van der Waals surface area contributed by atoms with Crippen LogP contribution in [0.5, 0.6) is 11.5 Å². The van der Waals surface area contributed by atoms with E-state index in [2.05, 4.69) is 0 Å². The lowest BCUT2D eigenvalue weighted by Gasteiger charge is -2.11. The maximum Gasteiger partial charge on any atom is 0.339 e. The highest BCUT2D eigenvalue weighted by molar-refractivity contribution is 6.32. The van der Waals surface area contributed by atoms with Gasteiger partial charge in [0.25, 0.3) is 0 Å². The predicted octanol–water partition coefficient (Wildman–Crippen LogP) is 4.79. The van der Waals surface area contributed by atoms with Gasteiger partial charge in [0, 0.05) is 5.02 Å². The van der Waals surface area contributed by atoms with Gasteiger partial charge in [0.15, 0.2) is 0 Å². The van der Waals surface area contributed by atoms with E-state index in [1.165, 1.54) is 12.1 Å². The summed E-state index contributed by atoms with van der Waals surface area (Å²) in [6, 6.07) is 9.68. The molecule has 0 amide bonds. The lowest BCUT2D eigenvalue weighted by Crippen LogP contribution is -2.00. The van der Waals surface area contributed by atoms with Crippen molar-refractivity contribution in [2.24, 2.45) is 0 Å². The van der Waals surface area contributed by atoms with E-state index in [-0.39, 0.29) is 11.3 Å². The normalized spacial score (nSPS) is 10.3. The van der Waals surface area contributed by atoms with Gasteiger partial charge in [-0.05, 0) is 42.8 Å². The van der Waals surface area contributed by atoms with Crippen molar-refractivity contribution < 1.29 is 14.6 Å². The molecule has 0 saturated heterocycles. The molecule has 0 aliphatic carbocycles. The first-order valence-corrected chi connectivity index (χ1v) is 6.20. The Hall–Kier alpha value is -1.71. The molecule has 0 aliphatic rings. The van der Waals surface area contributed by atoms with Gasteiger partial charge < -0.3 is 9.84 Å². The van der Waals surface area contributed by atoms with Gasteiger partial charge in [-0.3, -0.25) is 0 Å². The van der Waals surface area contributed by atoms with Gasteiger partial charge in [-0.25, -0.2) is 4.79 Å². The van der Waals surface area contributed by atoms with Crippen LogP contribution in [-0.2, 0) is 0 Å². The Labute approximate surface area is 120 Å². The van der Waals surface area contributed by atoms with Crippen LogP contribution in [-0.4, -0.2) is 11.1 Å². The minimum atomic E-state index is -1.11. The van der Waals surface area contributed by atoms with Crippen LogP contribution in [0.25, 0.3) is 0 Å². The molecule has 3 nitrogen and oxygen atoms in total. The quantitative estimate of drug-likeness (QED) is 0.885. The van der Waals surface area contributed by atoms with Crippen LogP contribution in [0.2, 0.25) is 10.0 Å². The summed E-state index contributed by atoms with van der Waals surface area (Å²) in [5.74, 6) is -0.503. The number of rotatable bonds is 3. The van der Waals surface area contributed by atoms with Crippen LogP contribution in [0.4, 0.5) is 0 Å². The Kier molecular flexibility index (Phi) is 3.98. The molecule has 0 fully saturated rings. The van der Waals surface area contributed by atoms with E-state index < -0.39 is 5.97 Å². The molecule has 0 aliphatic heterocycles. The van der Waals surface area contributed by atoms with Crippen molar-refractivity contribution in [3.63, 3.8) is 0 Å². The minimum absolute atomic E-state index is 0.00919. The van der Waals surface area contributed by atoms with E-state index in [9.17, 15) is 4.79 Å². The maximum absolute atomic E-state index is 11.1. The van der Waals surface area contributed by atoms with Gasteiger partial charge in [-0.2, -0.15) is 0 Å². The fraction of sp³-hybridized carbons (Fsp3) is 0.0714. The van der Waals surface area contributed by atoms with Crippen molar-refractivity contribution in [2.75, 3.05) is 0 Å². The van der Waals surface area contributed by atoms with E-state index in [0.29, 0.717) is 15.8 Å². The van der Waals surface area contributed by atoms with Gasteiger partial charge in [0.1, 0.15) is 17.1 Å².